The molecule has 0 saturated heterocycles. The molecule has 5 aromatic rings. The van der Waals surface area contributed by atoms with Crippen molar-refractivity contribution in [1.82, 2.24) is 4.98 Å². The second-order valence-electron chi connectivity index (χ2n) is 8.44. The molecule has 184 valence electrons. The number of aromatic nitrogens is 1. The smallest absolute Gasteiger partial charge is 0.376 e. The summed E-state index contributed by atoms with van der Waals surface area (Å²) < 4.78 is 11.2. The van der Waals surface area contributed by atoms with Crippen LogP contribution in [0.5, 0.6) is 0 Å². The Morgan fingerprint density at radius 2 is 1.51 bits per heavy atom. The monoisotopic (exact) mass is 491 g/mol. The van der Waals surface area contributed by atoms with Gasteiger partial charge in [-0.3, -0.25) is 0 Å². The zero-order chi connectivity index (χ0) is 25.8. The Labute approximate surface area is 214 Å². The van der Waals surface area contributed by atoms with Gasteiger partial charge in [0.1, 0.15) is 5.69 Å². The lowest BCUT2D eigenvalue weighted by atomic mass is 9.99. The van der Waals surface area contributed by atoms with Crippen LogP contribution in [-0.4, -0.2) is 23.6 Å². The number of carbonyl (C=O) groups is 2. The van der Waals surface area contributed by atoms with Crippen LogP contribution in [0.1, 0.15) is 23.0 Å². The maximum absolute atomic E-state index is 13.0. The van der Waals surface area contributed by atoms with Gasteiger partial charge in [0.15, 0.2) is 0 Å². The Morgan fingerprint density at radius 1 is 0.865 bits per heavy atom. The van der Waals surface area contributed by atoms with Gasteiger partial charge in [-0.25, -0.2) is 14.6 Å². The van der Waals surface area contributed by atoms with E-state index in [-0.39, 0.29) is 23.8 Å². The first-order valence-corrected chi connectivity index (χ1v) is 11.9. The fourth-order valence-corrected chi connectivity index (χ4v) is 4.07. The minimum Gasteiger partial charge on any atom is -0.460 e. The quantitative estimate of drug-likeness (QED) is 0.243. The molecule has 0 fully saturated rings. The number of nitrogens with zero attached hydrogens (tertiary/aromatic N) is 1. The number of benzene rings is 3. The summed E-state index contributed by atoms with van der Waals surface area (Å²) in [6, 6.07) is 28.2. The van der Waals surface area contributed by atoms with Gasteiger partial charge in [-0.1, -0.05) is 78.4 Å². The van der Waals surface area contributed by atoms with Crippen molar-refractivity contribution in [2.75, 3.05) is 17.2 Å². The summed E-state index contributed by atoms with van der Waals surface area (Å²) in [6.45, 7) is 3.83. The van der Waals surface area contributed by atoms with Crippen LogP contribution in [0.25, 0.3) is 33.5 Å². The number of hydrogen-bond donors (Lipinski definition) is 2. The van der Waals surface area contributed by atoms with Crippen molar-refractivity contribution in [3.63, 3.8) is 0 Å². The number of ether oxygens (including phenoxy) is 1. The highest BCUT2D eigenvalue weighted by molar-refractivity contribution is 6.15. The minimum atomic E-state index is -0.689. The molecule has 2 N–H and O–H groups in total. The maximum atomic E-state index is 13.0. The molecule has 7 heteroatoms. The number of carbonyl (C=O) groups excluding carboxylic acids is 2. The van der Waals surface area contributed by atoms with Crippen molar-refractivity contribution in [1.29, 1.82) is 0 Å². The molecule has 7 nitrogen and oxygen atoms in total. The van der Waals surface area contributed by atoms with Gasteiger partial charge in [0.25, 0.3) is 0 Å². The van der Waals surface area contributed by atoms with Crippen LogP contribution < -0.4 is 10.6 Å². The number of fused-ring (bicyclic) bond motifs is 1. The third-order valence-electron chi connectivity index (χ3n) is 5.83. The van der Waals surface area contributed by atoms with Gasteiger partial charge in [0.05, 0.1) is 17.7 Å². The van der Waals surface area contributed by atoms with Crippen LogP contribution in [0.15, 0.2) is 95.4 Å². The maximum Gasteiger partial charge on any atom is 0.376 e. The number of esters is 1. The number of aryl methyl sites for hydroxylation is 1. The number of urea groups is 1. The Hall–Kier alpha value is -4.91. The molecular formula is C30H25N3O4. The molecule has 0 unspecified atom stereocenters. The molecule has 0 spiro atoms. The van der Waals surface area contributed by atoms with E-state index in [9.17, 15) is 9.59 Å². The van der Waals surface area contributed by atoms with Gasteiger partial charge in [-0.05, 0) is 43.2 Å². The topological polar surface area (TPSA) is 93.5 Å². The third kappa shape index (κ3) is 5.06. The molecule has 0 radical (unpaired) electrons. The third-order valence-corrected chi connectivity index (χ3v) is 5.83. The number of rotatable bonds is 6. The summed E-state index contributed by atoms with van der Waals surface area (Å²) in [5.74, 6) is -0.808. The molecule has 5 rings (SSSR count). The molecule has 0 atom stereocenters. The van der Waals surface area contributed by atoms with E-state index in [1.807, 2.05) is 85.8 Å². The largest absolute Gasteiger partial charge is 0.460 e. The van der Waals surface area contributed by atoms with Crippen molar-refractivity contribution in [3.8, 4) is 22.4 Å². The fraction of sp³-hybridized carbons (Fsp3) is 0.100. The summed E-state index contributed by atoms with van der Waals surface area (Å²) in [5, 5.41) is 6.13. The molecular weight excluding hydrogens is 466 g/mol. The zero-order valence-corrected chi connectivity index (χ0v) is 20.4. The van der Waals surface area contributed by atoms with Crippen molar-refractivity contribution in [3.05, 3.63) is 102 Å². The minimum absolute atomic E-state index is 0.120. The van der Waals surface area contributed by atoms with E-state index in [1.54, 1.807) is 19.1 Å². The van der Waals surface area contributed by atoms with Gasteiger partial charge >= 0.3 is 12.0 Å². The molecule has 0 aliphatic rings. The number of furan rings is 1. The summed E-state index contributed by atoms with van der Waals surface area (Å²) in [6.07, 6.45) is 0. The summed E-state index contributed by atoms with van der Waals surface area (Å²) in [4.78, 5) is 30.7. The van der Waals surface area contributed by atoms with Gasteiger partial charge in [-0.15, -0.1) is 0 Å². The lowest BCUT2D eigenvalue weighted by Gasteiger charge is -2.11. The molecule has 0 bridgehead atoms. The summed E-state index contributed by atoms with van der Waals surface area (Å²) in [7, 11) is 0. The van der Waals surface area contributed by atoms with E-state index < -0.39 is 12.0 Å². The van der Waals surface area contributed by atoms with Crippen molar-refractivity contribution in [2.45, 2.75) is 13.8 Å². The number of pyridine rings is 1. The highest BCUT2D eigenvalue weighted by Gasteiger charge is 2.27. The predicted octanol–water partition coefficient (Wildman–Crippen LogP) is 7.29. The highest BCUT2D eigenvalue weighted by Crippen LogP contribution is 2.40. The molecule has 2 heterocycles. The molecule has 37 heavy (non-hydrogen) atoms. The number of amides is 2. The van der Waals surface area contributed by atoms with Gasteiger partial charge < -0.3 is 19.8 Å². The van der Waals surface area contributed by atoms with Crippen molar-refractivity contribution in [2.24, 2.45) is 0 Å². The normalized spacial score (nSPS) is 10.8. The van der Waals surface area contributed by atoms with Gasteiger partial charge in [-0.2, -0.15) is 0 Å². The van der Waals surface area contributed by atoms with E-state index in [4.69, 9.17) is 14.1 Å². The van der Waals surface area contributed by atoms with Crippen LogP contribution in [0, 0.1) is 6.92 Å². The Bertz CT molecular complexity index is 1560. The predicted molar refractivity (Wildman–Crippen MR) is 145 cm³/mol. The van der Waals surface area contributed by atoms with Gasteiger partial charge in [0, 0.05) is 11.3 Å². The number of nitrogens with one attached hydrogen (secondary N) is 2. The first-order chi connectivity index (χ1) is 18.0. The van der Waals surface area contributed by atoms with Crippen LogP contribution in [0.2, 0.25) is 0 Å². The Morgan fingerprint density at radius 3 is 2.16 bits per heavy atom. The Kier molecular flexibility index (Phi) is 6.68. The average Bonchev–Trinajstić information content (AvgIpc) is 3.29. The molecule has 2 amide bonds. The highest BCUT2D eigenvalue weighted by atomic mass is 16.5. The lowest BCUT2D eigenvalue weighted by Crippen LogP contribution is -2.21. The average molecular weight is 492 g/mol. The zero-order valence-electron chi connectivity index (χ0n) is 20.4. The van der Waals surface area contributed by atoms with E-state index in [2.05, 4.69) is 10.6 Å². The second-order valence-corrected chi connectivity index (χ2v) is 8.44. The van der Waals surface area contributed by atoms with E-state index in [0.29, 0.717) is 16.8 Å². The molecule has 0 aliphatic carbocycles. The molecule has 0 aliphatic heterocycles. The van der Waals surface area contributed by atoms with Crippen molar-refractivity contribution < 1.29 is 18.7 Å². The SMILES string of the molecule is CCOC(=O)c1oc2nc(-c3ccccc3)cc(-c3ccccc3)c2c1NC(=O)Nc1ccc(C)cc1. The Balaban J connectivity index is 1.68. The number of anilines is 2. The summed E-state index contributed by atoms with van der Waals surface area (Å²) in [5.41, 5.74) is 5.30. The fourth-order valence-electron chi connectivity index (χ4n) is 4.07. The van der Waals surface area contributed by atoms with E-state index in [0.717, 1.165) is 22.3 Å². The standard InChI is InChI=1S/C30H25N3O4/c1-3-36-29(34)27-26(33-30(35)31-22-16-14-19(2)15-17-22)25-23(20-10-6-4-7-11-20)18-24(32-28(25)37-27)21-12-8-5-9-13-21/h4-18H,3H2,1-2H3,(H2,31,33,35). The van der Waals surface area contributed by atoms with Crippen LogP contribution in [-0.2, 0) is 4.74 Å². The van der Waals surface area contributed by atoms with Crippen molar-refractivity contribution >= 4 is 34.5 Å². The van der Waals surface area contributed by atoms with Gasteiger partial charge in [0.2, 0.25) is 11.5 Å². The lowest BCUT2D eigenvalue weighted by molar-refractivity contribution is 0.0494. The van der Waals surface area contributed by atoms with Crippen LogP contribution >= 0.6 is 0 Å². The van der Waals surface area contributed by atoms with Crippen LogP contribution in [0.3, 0.4) is 0 Å². The first-order valence-electron chi connectivity index (χ1n) is 11.9. The molecule has 0 saturated carbocycles. The van der Waals surface area contributed by atoms with Crippen LogP contribution in [0.4, 0.5) is 16.2 Å². The van der Waals surface area contributed by atoms with E-state index >= 15 is 0 Å². The molecule has 3 aromatic carbocycles. The number of hydrogen-bond acceptors (Lipinski definition) is 5. The summed E-state index contributed by atoms with van der Waals surface area (Å²) >= 11 is 0. The van der Waals surface area contributed by atoms with E-state index in [1.165, 1.54) is 0 Å². The first kappa shape index (κ1) is 23.8. The second kappa shape index (κ2) is 10.4. The molecule has 2 aromatic heterocycles.